The Kier molecular flexibility index (Phi) is 2.20. The first-order valence-electron chi connectivity index (χ1n) is 3.64. The summed E-state index contributed by atoms with van der Waals surface area (Å²) in [6.07, 6.45) is 2.20. The molecule has 0 bridgehead atoms. The Morgan fingerprint density at radius 2 is 2.10 bits per heavy atom. The predicted molar refractivity (Wildman–Crippen MR) is 46.1 cm³/mol. The highest BCUT2D eigenvalue weighted by molar-refractivity contribution is 6.32. The summed E-state index contributed by atoms with van der Waals surface area (Å²) in [5, 5.41) is 0.915. The Hall–Kier alpha value is -0.230. The zero-order chi connectivity index (χ0) is 7.72. The van der Waals surface area contributed by atoms with Gasteiger partial charge in [-0.3, -0.25) is 0 Å². The molecule has 0 saturated carbocycles. The molecule has 0 aromatic rings. The fourth-order valence-corrected chi connectivity index (χ4v) is 1.65. The molecule has 10 heavy (non-hydrogen) atoms. The molecule has 0 fully saturated rings. The van der Waals surface area contributed by atoms with Gasteiger partial charge < -0.3 is 0 Å². The maximum absolute atomic E-state index is 5.96. The molecular weight excluding hydrogens is 144 g/mol. The van der Waals surface area contributed by atoms with Crippen molar-refractivity contribution in [3.05, 3.63) is 22.8 Å². The highest BCUT2D eigenvalue weighted by Gasteiger charge is 2.16. The lowest BCUT2D eigenvalue weighted by Crippen LogP contribution is -2.05. The van der Waals surface area contributed by atoms with Crippen molar-refractivity contribution in [2.75, 3.05) is 0 Å². The van der Waals surface area contributed by atoms with Crippen molar-refractivity contribution in [2.45, 2.75) is 26.7 Å². The van der Waals surface area contributed by atoms with Crippen molar-refractivity contribution in [1.29, 1.82) is 0 Å². The van der Waals surface area contributed by atoms with E-state index in [1.165, 1.54) is 5.57 Å². The van der Waals surface area contributed by atoms with E-state index in [-0.39, 0.29) is 0 Å². The minimum atomic E-state index is 0.731. The minimum absolute atomic E-state index is 0.731. The van der Waals surface area contributed by atoms with Crippen molar-refractivity contribution in [1.82, 2.24) is 0 Å². The van der Waals surface area contributed by atoms with Crippen LogP contribution in [0.1, 0.15) is 26.7 Å². The molecule has 0 aromatic carbocycles. The van der Waals surface area contributed by atoms with Gasteiger partial charge in [-0.2, -0.15) is 0 Å². The molecule has 0 saturated heterocycles. The molecule has 1 rings (SSSR count). The number of hydrogen-bond acceptors (Lipinski definition) is 0. The summed E-state index contributed by atoms with van der Waals surface area (Å²) in [6.45, 7) is 8.23. The predicted octanol–water partition coefficient (Wildman–Crippen LogP) is 3.49. The third kappa shape index (κ3) is 1.43. The lowest BCUT2D eigenvalue weighted by molar-refractivity contribution is 0.557. The molecule has 56 valence electrons. The maximum atomic E-state index is 5.96. The van der Waals surface area contributed by atoms with Gasteiger partial charge in [0.25, 0.3) is 0 Å². The zero-order valence-electron chi connectivity index (χ0n) is 6.58. The normalized spacial score (nSPS) is 27.5. The van der Waals surface area contributed by atoms with Crippen LogP contribution in [0.4, 0.5) is 0 Å². The van der Waals surface area contributed by atoms with Crippen molar-refractivity contribution >= 4 is 11.6 Å². The Bertz CT molecular complexity index is 189. The molecule has 1 atom stereocenters. The average molecular weight is 157 g/mol. The van der Waals surface area contributed by atoms with E-state index < -0.39 is 0 Å². The highest BCUT2D eigenvalue weighted by Crippen LogP contribution is 2.33. The molecule has 0 aliphatic heterocycles. The van der Waals surface area contributed by atoms with E-state index in [4.69, 9.17) is 11.6 Å². The van der Waals surface area contributed by atoms with Gasteiger partial charge in [-0.1, -0.05) is 30.7 Å². The fourth-order valence-electron chi connectivity index (χ4n) is 1.50. The number of rotatable bonds is 0. The molecule has 0 nitrogen and oxygen atoms in total. The lowest BCUT2D eigenvalue weighted by Gasteiger charge is -2.21. The first-order chi connectivity index (χ1) is 4.61. The first kappa shape index (κ1) is 7.87. The molecule has 1 unspecified atom stereocenters. The Morgan fingerprint density at radius 1 is 1.50 bits per heavy atom. The van der Waals surface area contributed by atoms with Gasteiger partial charge in [-0.25, -0.2) is 0 Å². The number of halogens is 1. The molecule has 0 amide bonds. The van der Waals surface area contributed by atoms with Gasteiger partial charge in [0.15, 0.2) is 0 Å². The van der Waals surface area contributed by atoms with Gasteiger partial charge in [-0.15, -0.1) is 0 Å². The molecule has 1 aliphatic carbocycles. The monoisotopic (exact) mass is 156 g/mol. The first-order valence-corrected chi connectivity index (χ1v) is 4.02. The summed E-state index contributed by atoms with van der Waals surface area (Å²) in [4.78, 5) is 0. The standard InChI is InChI=1S/C9H13Cl/c1-6-4-7(2)9(10)8(3)5-6/h6H,2,4-5H2,1,3H3. The van der Waals surface area contributed by atoms with Gasteiger partial charge in [0.05, 0.1) is 0 Å². The third-order valence-corrected chi connectivity index (χ3v) is 2.52. The smallest absolute Gasteiger partial charge is 0.0421 e. The van der Waals surface area contributed by atoms with Gasteiger partial charge in [-0.05, 0) is 31.3 Å². The van der Waals surface area contributed by atoms with Crippen LogP contribution in [-0.4, -0.2) is 0 Å². The van der Waals surface area contributed by atoms with Crippen LogP contribution in [0.3, 0.4) is 0 Å². The Labute approximate surface area is 67.6 Å². The highest BCUT2D eigenvalue weighted by atomic mass is 35.5. The molecule has 0 aromatic heterocycles. The second kappa shape index (κ2) is 2.79. The van der Waals surface area contributed by atoms with Crippen molar-refractivity contribution in [3.8, 4) is 0 Å². The topological polar surface area (TPSA) is 0 Å². The maximum Gasteiger partial charge on any atom is 0.0421 e. The third-order valence-electron chi connectivity index (χ3n) is 1.93. The fraction of sp³-hybridized carbons (Fsp3) is 0.556. The van der Waals surface area contributed by atoms with Crippen LogP contribution in [0, 0.1) is 5.92 Å². The van der Waals surface area contributed by atoms with E-state index in [0.29, 0.717) is 0 Å². The lowest BCUT2D eigenvalue weighted by atomic mass is 9.88. The van der Waals surface area contributed by atoms with Crippen molar-refractivity contribution in [3.63, 3.8) is 0 Å². The van der Waals surface area contributed by atoms with Crippen LogP contribution < -0.4 is 0 Å². The molecule has 0 spiro atoms. The summed E-state index contributed by atoms with van der Waals surface area (Å²) in [7, 11) is 0. The van der Waals surface area contributed by atoms with Crippen LogP contribution in [0.2, 0.25) is 0 Å². The summed E-state index contributed by atoms with van der Waals surface area (Å²) in [5.74, 6) is 0.731. The summed E-state index contributed by atoms with van der Waals surface area (Å²) < 4.78 is 0. The van der Waals surface area contributed by atoms with E-state index in [9.17, 15) is 0 Å². The molecular formula is C9H13Cl. The van der Waals surface area contributed by atoms with Crippen LogP contribution in [0.5, 0.6) is 0 Å². The van der Waals surface area contributed by atoms with E-state index in [1.54, 1.807) is 0 Å². The largest absolute Gasteiger partial charge is 0.0943 e. The molecule has 0 N–H and O–H groups in total. The van der Waals surface area contributed by atoms with Gasteiger partial charge in [0, 0.05) is 5.03 Å². The van der Waals surface area contributed by atoms with Crippen molar-refractivity contribution in [2.24, 2.45) is 5.92 Å². The Balaban J connectivity index is 2.85. The molecule has 0 radical (unpaired) electrons. The molecule has 1 aliphatic rings. The minimum Gasteiger partial charge on any atom is -0.0943 e. The zero-order valence-corrected chi connectivity index (χ0v) is 7.33. The van der Waals surface area contributed by atoms with Crippen molar-refractivity contribution < 1.29 is 0 Å². The van der Waals surface area contributed by atoms with Gasteiger partial charge >= 0.3 is 0 Å². The molecule has 0 heterocycles. The van der Waals surface area contributed by atoms with Gasteiger partial charge in [0.1, 0.15) is 0 Å². The van der Waals surface area contributed by atoms with E-state index in [1.807, 2.05) is 0 Å². The van der Waals surface area contributed by atoms with Crippen LogP contribution in [0.25, 0.3) is 0 Å². The van der Waals surface area contributed by atoms with E-state index >= 15 is 0 Å². The second-order valence-electron chi connectivity index (χ2n) is 3.21. The SMILES string of the molecule is C=C1CC(C)CC(C)=C1Cl. The quantitative estimate of drug-likeness (QED) is 0.504. The summed E-state index contributed by atoms with van der Waals surface area (Å²) >= 11 is 5.96. The average Bonchev–Trinajstić information content (AvgIpc) is 1.82. The van der Waals surface area contributed by atoms with Crippen LogP contribution in [0.15, 0.2) is 22.8 Å². The van der Waals surface area contributed by atoms with Crippen LogP contribution in [-0.2, 0) is 0 Å². The van der Waals surface area contributed by atoms with E-state index in [2.05, 4.69) is 20.4 Å². The summed E-state index contributed by atoms with van der Waals surface area (Å²) in [5.41, 5.74) is 2.41. The van der Waals surface area contributed by atoms with E-state index in [0.717, 1.165) is 29.4 Å². The number of allylic oxidation sites excluding steroid dienone is 3. The van der Waals surface area contributed by atoms with Gasteiger partial charge in [0.2, 0.25) is 0 Å². The number of hydrogen-bond donors (Lipinski definition) is 0. The molecule has 1 heteroatoms. The van der Waals surface area contributed by atoms with Crippen LogP contribution >= 0.6 is 11.6 Å². The second-order valence-corrected chi connectivity index (χ2v) is 3.59. The Morgan fingerprint density at radius 3 is 2.60 bits per heavy atom. The summed E-state index contributed by atoms with van der Waals surface area (Å²) in [6, 6.07) is 0.